The van der Waals surface area contributed by atoms with Gasteiger partial charge in [0, 0.05) is 0 Å². The van der Waals surface area contributed by atoms with Crippen LogP contribution in [0.4, 0.5) is 5.13 Å². The van der Waals surface area contributed by atoms with Crippen LogP contribution < -0.4 is 5.43 Å². The maximum absolute atomic E-state index is 12.2. The van der Waals surface area contributed by atoms with Crippen molar-refractivity contribution < 1.29 is 4.79 Å². The highest BCUT2D eigenvalue weighted by atomic mass is 35.5. The number of carbonyl (C=O) groups excluding carboxylic acids is 1. The van der Waals surface area contributed by atoms with E-state index in [0.29, 0.717) is 11.7 Å². The van der Waals surface area contributed by atoms with E-state index in [1.165, 1.54) is 16.3 Å². The van der Waals surface area contributed by atoms with Gasteiger partial charge in [-0.2, -0.15) is 0 Å². The molecule has 5 rings (SSSR count). The van der Waals surface area contributed by atoms with Crippen LogP contribution in [0, 0.1) is 0 Å². The average Bonchev–Trinajstić information content (AvgIpc) is 3.35. The number of alkyl halides is 1. The van der Waals surface area contributed by atoms with Gasteiger partial charge < -0.3 is 0 Å². The molecule has 0 saturated carbocycles. The molecule has 1 amide bonds. The van der Waals surface area contributed by atoms with Crippen molar-refractivity contribution in [2.24, 2.45) is 0 Å². The second-order valence-corrected chi connectivity index (χ2v) is 7.85. The smallest absolute Gasteiger partial charge is 0.262 e. The van der Waals surface area contributed by atoms with Crippen molar-refractivity contribution in [1.82, 2.24) is 30.2 Å². The van der Waals surface area contributed by atoms with Gasteiger partial charge in [0.05, 0.1) is 12.1 Å². The second kappa shape index (κ2) is 6.84. The van der Waals surface area contributed by atoms with E-state index in [-0.39, 0.29) is 11.9 Å². The van der Waals surface area contributed by atoms with Crippen molar-refractivity contribution >= 4 is 45.0 Å². The van der Waals surface area contributed by atoms with E-state index in [2.05, 4.69) is 25.9 Å². The zero-order valence-electron chi connectivity index (χ0n) is 14.4. The number of para-hydroxylation sites is 1. The highest BCUT2D eigenvalue weighted by molar-refractivity contribution is 7.15. The number of nitrogens with zero attached hydrogens (tertiary/aromatic N) is 6. The summed E-state index contributed by atoms with van der Waals surface area (Å²) in [7, 11) is 0. The van der Waals surface area contributed by atoms with Crippen LogP contribution in [0.3, 0.4) is 0 Å². The number of carbonyl (C=O) groups is 1. The number of hydrogen-bond donors (Lipinski definition) is 1. The predicted molar refractivity (Wildman–Crippen MR) is 106 cm³/mol. The molecule has 1 fully saturated rings. The number of aromatic nitrogens is 5. The summed E-state index contributed by atoms with van der Waals surface area (Å²) < 4.78 is 1.77. The Kier molecular flexibility index (Phi) is 4.18. The van der Waals surface area contributed by atoms with Gasteiger partial charge in [-0.3, -0.25) is 10.2 Å². The molecule has 0 bridgehead atoms. The van der Waals surface area contributed by atoms with E-state index in [1.54, 1.807) is 4.68 Å². The van der Waals surface area contributed by atoms with Gasteiger partial charge in [0.1, 0.15) is 21.9 Å². The van der Waals surface area contributed by atoms with Gasteiger partial charge >= 0.3 is 0 Å². The Morgan fingerprint density at radius 3 is 2.68 bits per heavy atom. The Morgan fingerprint density at radius 2 is 1.82 bits per heavy atom. The van der Waals surface area contributed by atoms with Crippen LogP contribution in [-0.4, -0.2) is 41.5 Å². The van der Waals surface area contributed by atoms with Crippen molar-refractivity contribution in [3.63, 3.8) is 0 Å². The Bertz CT molecular complexity index is 1150. The molecule has 28 heavy (non-hydrogen) atoms. The fraction of sp³-hybridized carbons (Fsp3) is 0.167. The van der Waals surface area contributed by atoms with Crippen molar-refractivity contribution in [1.29, 1.82) is 0 Å². The minimum absolute atomic E-state index is 0.186. The van der Waals surface area contributed by atoms with Gasteiger partial charge in [-0.05, 0) is 17.7 Å². The van der Waals surface area contributed by atoms with E-state index < -0.39 is 5.38 Å². The number of halogens is 1. The lowest BCUT2D eigenvalue weighted by atomic mass is 9.95. The SMILES string of the molecule is O=C1C(Cl)C(c2ccccc2)N1Nc1nnc(Cn2nnc3ccccc32)s1. The largest absolute Gasteiger partial charge is 0.271 e. The molecule has 0 aliphatic carbocycles. The van der Waals surface area contributed by atoms with Gasteiger partial charge in [0.25, 0.3) is 5.91 Å². The maximum atomic E-state index is 12.2. The first-order valence-electron chi connectivity index (χ1n) is 8.60. The first kappa shape index (κ1) is 17.1. The molecular weight excluding hydrogens is 398 g/mol. The second-order valence-electron chi connectivity index (χ2n) is 6.31. The first-order valence-corrected chi connectivity index (χ1v) is 9.85. The van der Waals surface area contributed by atoms with E-state index in [9.17, 15) is 4.79 Å². The number of fused-ring (bicyclic) bond motifs is 1. The summed E-state index contributed by atoms with van der Waals surface area (Å²) in [6.07, 6.45) is 0. The molecule has 140 valence electrons. The summed E-state index contributed by atoms with van der Waals surface area (Å²) >= 11 is 7.59. The molecule has 2 unspecified atom stereocenters. The molecule has 3 heterocycles. The van der Waals surface area contributed by atoms with Crippen molar-refractivity contribution in [2.45, 2.75) is 18.0 Å². The molecule has 1 saturated heterocycles. The number of amides is 1. The van der Waals surface area contributed by atoms with Crippen LogP contribution in [0.5, 0.6) is 0 Å². The third-order valence-electron chi connectivity index (χ3n) is 4.56. The summed E-state index contributed by atoms with van der Waals surface area (Å²) in [5.41, 5.74) is 5.77. The molecule has 2 atom stereocenters. The van der Waals surface area contributed by atoms with Gasteiger partial charge in [-0.25, -0.2) is 9.69 Å². The zero-order valence-corrected chi connectivity index (χ0v) is 16.0. The molecule has 1 aliphatic rings. The molecule has 1 N–H and O–H groups in total. The maximum Gasteiger partial charge on any atom is 0.262 e. The lowest BCUT2D eigenvalue weighted by Gasteiger charge is -2.43. The summed E-state index contributed by atoms with van der Waals surface area (Å²) in [5, 5.41) is 18.8. The van der Waals surface area contributed by atoms with Crippen LogP contribution in [0.15, 0.2) is 54.6 Å². The van der Waals surface area contributed by atoms with Gasteiger partial charge in [-0.15, -0.1) is 26.9 Å². The predicted octanol–water partition coefficient (Wildman–Crippen LogP) is 2.85. The number of anilines is 1. The lowest BCUT2D eigenvalue weighted by molar-refractivity contribution is -0.143. The molecule has 4 aromatic rings. The topological polar surface area (TPSA) is 88.8 Å². The van der Waals surface area contributed by atoms with E-state index in [4.69, 9.17) is 11.6 Å². The molecule has 2 aromatic carbocycles. The first-order chi connectivity index (χ1) is 13.7. The highest BCUT2D eigenvalue weighted by Crippen LogP contribution is 2.38. The van der Waals surface area contributed by atoms with E-state index >= 15 is 0 Å². The summed E-state index contributed by atoms with van der Waals surface area (Å²) in [4.78, 5) is 12.2. The zero-order chi connectivity index (χ0) is 19.1. The fourth-order valence-electron chi connectivity index (χ4n) is 3.17. The minimum atomic E-state index is -0.594. The number of benzene rings is 2. The summed E-state index contributed by atoms with van der Waals surface area (Å²) in [5.74, 6) is -0.186. The van der Waals surface area contributed by atoms with E-state index in [0.717, 1.165) is 21.6 Å². The lowest BCUT2D eigenvalue weighted by Crippen LogP contribution is -2.58. The van der Waals surface area contributed by atoms with Gasteiger partial charge in [0.2, 0.25) is 5.13 Å². The van der Waals surface area contributed by atoms with Gasteiger partial charge in [0.15, 0.2) is 0 Å². The Hall–Kier alpha value is -3.04. The minimum Gasteiger partial charge on any atom is -0.271 e. The number of hydrazine groups is 1. The van der Waals surface area contributed by atoms with Crippen LogP contribution in [-0.2, 0) is 11.3 Å². The quantitative estimate of drug-likeness (QED) is 0.401. The van der Waals surface area contributed by atoms with Crippen LogP contribution >= 0.6 is 22.9 Å². The number of rotatable bonds is 5. The summed E-state index contributed by atoms with van der Waals surface area (Å²) in [6.45, 7) is 0.452. The molecule has 1 aliphatic heterocycles. The standard InChI is InChI=1S/C18H14ClN7OS/c19-15-16(11-6-2-1-3-7-11)26(17(15)27)23-18-22-21-14(28-18)10-25-13-9-5-4-8-12(13)20-24-25/h1-9,15-16H,10H2,(H,22,23). The number of nitrogens with one attached hydrogen (secondary N) is 1. The van der Waals surface area contributed by atoms with Crippen LogP contribution in [0.2, 0.25) is 0 Å². The normalized spacial score (nSPS) is 19.0. The number of β-lactam (4-membered cyclic amide) rings is 1. The molecule has 0 spiro atoms. The van der Waals surface area contributed by atoms with Crippen molar-refractivity contribution in [2.75, 3.05) is 5.43 Å². The highest BCUT2D eigenvalue weighted by Gasteiger charge is 2.48. The summed E-state index contributed by atoms with van der Waals surface area (Å²) in [6, 6.07) is 17.1. The van der Waals surface area contributed by atoms with Crippen LogP contribution in [0.25, 0.3) is 11.0 Å². The molecular formula is C18H14ClN7OS. The molecule has 2 aromatic heterocycles. The third-order valence-corrected chi connectivity index (χ3v) is 5.80. The average molecular weight is 412 g/mol. The fourth-order valence-corrected chi connectivity index (χ4v) is 4.26. The molecule has 10 heteroatoms. The molecule has 0 radical (unpaired) electrons. The monoisotopic (exact) mass is 411 g/mol. The molecule has 8 nitrogen and oxygen atoms in total. The van der Waals surface area contributed by atoms with Crippen molar-refractivity contribution in [3.05, 3.63) is 65.2 Å². The number of hydrogen-bond acceptors (Lipinski definition) is 7. The Morgan fingerprint density at radius 1 is 1.04 bits per heavy atom. The van der Waals surface area contributed by atoms with Gasteiger partial charge in [-0.1, -0.05) is 59.0 Å². The third kappa shape index (κ3) is 2.88. The van der Waals surface area contributed by atoms with Crippen LogP contribution in [0.1, 0.15) is 16.6 Å². The Balaban J connectivity index is 1.33. The van der Waals surface area contributed by atoms with E-state index in [1.807, 2.05) is 54.6 Å². The Labute approximate surface area is 168 Å². The van der Waals surface area contributed by atoms with Crippen molar-refractivity contribution in [3.8, 4) is 0 Å².